The van der Waals surface area contributed by atoms with E-state index in [9.17, 15) is 0 Å². The van der Waals surface area contributed by atoms with Gasteiger partial charge in [-0.3, -0.25) is 4.90 Å². The summed E-state index contributed by atoms with van der Waals surface area (Å²) in [5, 5.41) is 4.81. The zero-order valence-electron chi connectivity index (χ0n) is 8.76. The smallest absolute Gasteiger partial charge is 0.0845 e. The van der Waals surface area contributed by atoms with Crippen molar-refractivity contribution in [3.05, 3.63) is 0 Å². The lowest BCUT2D eigenvalue weighted by molar-refractivity contribution is 0.0259. The van der Waals surface area contributed by atoms with Gasteiger partial charge in [0.05, 0.1) is 5.66 Å². The molecule has 1 radical (unpaired) electrons. The van der Waals surface area contributed by atoms with E-state index in [1.807, 2.05) is 0 Å². The van der Waals surface area contributed by atoms with E-state index < -0.39 is 0 Å². The van der Waals surface area contributed by atoms with Crippen molar-refractivity contribution in [1.82, 2.24) is 10.2 Å². The molecule has 0 aromatic rings. The molecule has 75 valence electrons. The highest BCUT2D eigenvalue weighted by Crippen LogP contribution is 2.27. The fraction of sp³-hybridized carbons (Fsp3) is 1.00. The predicted octanol–water partition coefficient (Wildman–Crippen LogP) is 1.98. The normalized spacial score (nSPS) is 37.6. The Hall–Kier alpha value is -0.0800. The molecule has 0 aromatic heterocycles. The molecule has 0 amide bonds. The van der Waals surface area contributed by atoms with Gasteiger partial charge in [-0.1, -0.05) is 6.42 Å². The van der Waals surface area contributed by atoms with Crippen LogP contribution in [-0.2, 0) is 0 Å². The average Bonchev–Trinajstić information content (AvgIpc) is 2.20. The van der Waals surface area contributed by atoms with Crippen LogP contribution in [0.2, 0.25) is 0 Å². The Bertz CT molecular complexity index is 155. The van der Waals surface area contributed by atoms with Crippen molar-refractivity contribution in [2.45, 2.75) is 51.1 Å². The molecule has 0 saturated carbocycles. The quantitative estimate of drug-likeness (QED) is 0.604. The van der Waals surface area contributed by atoms with Crippen LogP contribution in [0.25, 0.3) is 0 Å². The molecule has 2 fully saturated rings. The Morgan fingerprint density at radius 1 is 1.00 bits per heavy atom. The van der Waals surface area contributed by atoms with Crippen molar-refractivity contribution in [1.29, 1.82) is 0 Å². The van der Waals surface area contributed by atoms with Crippen molar-refractivity contribution in [3.63, 3.8) is 0 Å². The van der Waals surface area contributed by atoms with Crippen LogP contribution in [0.3, 0.4) is 0 Å². The minimum Gasteiger partial charge on any atom is -0.285 e. The second-order valence-electron chi connectivity index (χ2n) is 4.60. The predicted molar refractivity (Wildman–Crippen MR) is 54.7 cm³/mol. The van der Waals surface area contributed by atoms with Gasteiger partial charge in [-0.15, -0.1) is 0 Å². The lowest BCUT2D eigenvalue weighted by Gasteiger charge is -2.45. The summed E-state index contributed by atoms with van der Waals surface area (Å²) in [6.07, 6.45) is 8.15. The third-order valence-corrected chi connectivity index (χ3v) is 3.55. The van der Waals surface area contributed by atoms with E-state index in [-0.39, 0.29) is 5.66 Å². The van der Waals surface area contributed by atoms with Crippen molar-refractivity contribution < 1.29 is 0 Å². The summed E-state index contributed by atoms with van der Waals surface area (Å²) in [5.74, 6) is 0. The van der Waals surface area contributed by atoms with Gasteiger partial charge < -0.3 is 0 Å². The molecule has 0 bridgehead atoms. The van der Waals surface area contributed by atoms with Crippen LogP contribution in [-0.4, -0.2) is 30.2 Å². The van der Waals surface area contributed by atoms with Gasteiger partial charge in [-0.25, -0.2) is 5.32 Å². The zero-order valence-corrected chi connectivity index (χ0v) is 8.76. The molecule has 0 aromatic carbocycles. The summed E-state index contributed by atoms with van der Waals surface area (Å²) in [7, 11) is 0. The Labute approximate surface area is 81.7 Å². The topological polar surface area (TPSA) is 17.3 Å². The summed E-state index contributed by atoms with van der Waals surface area (Å²) in [6, 6.07) is 0. The maximum absolute atomic E-state index is 4.81. The minimum atomic E-state index is 0.207. The summed E-state index contributed by atoms with van der Waals surface area (Å²) in [5.41, 5.74) is 0.207. The van der Waals surface area contributed by atoms with Crippen LogP contribution in [0.4, 0.5) is 0 Å². The second-order valence-corrected chi connectivity index (χ2v) is 4.60. The molecular formula is C11H21N2. The Kier molecular flexibility index (Phi) is 2.89. The number of piperidine rings is 2. The first-order chi connectivity index (χ1) is 6.31. The van der Waals surface area contributed by atoms with E-state index in [2.05, 4.69) is 11.8 Å². The first-order valence-corrected chi connectivity index (χ1v) is 5.75. The monoisotopic (exact) mass is 181 g/mol. The fourth-order valence-electron chi connectivity index (χ4n) is 2.60. The zero-order chi connectivity index (χ0) is 9.15. The van der Waals surface area contributed by atoms with Crippen LogP contribution in [0.1, 0.15) is 45.4 Å². The highest BCUT2D eigenvalue weighted by molar-refractivity contribution is 4.87. The van der Waals surface area contributed by atoms with Gasteiger partial charge in [-0.05, 0) is 52.1 Å². The first-order valence-electron chi connectivity index (χ1n) is 5.75. The molecule has 2 nitrogen and oxygen atoms in total. The van der Waals surface area contributed by atoms with Gasteiger partial charge in [0.1, 0.15) is 0 Å². The summed E-state index contributed by atoms with van der Waals surface area (Å²) < 4.78 is 0. The number of nitrogens with zero attached hydrogens (tertiary/aromatic N) is 2. The first kappa shape index (κ1) is 9.47. The number of rotatable bonds is 1. The molecule has 1 unspecified atom stereocenters. The molecule has 2 heteroatoms. The average molecular weight is 181 g/mol. The molecule has 1 atom stereocenters. The van der Waals surface area contributed by atoms with Gasteiger partial charge in [-0.2, -0.15) is 0 Å². The molecule has 2 heterocycles. The molecule has 2 aliphatic rings. The lowest BCUT2D eigenvalue weighted by atomic mass is 9.95. The van der Waals surface area contributed by atoms with E-state index in [0.717, 1.165) is 6.54 Å². The summed E-state index contributed by atoms with van der Waals surface area (Å²) >= 11 is 0. The minimum absolute atomic E-state index is 0.207. The molecule has 2 rings (SSSR count). The third kappa shape index (κ3) is 2.05. The van der Waals surface area contributed by atoms with E-state index in [4.69, 9.17) is 5.32 Å². The number of hydrogen-bond acceptors (Lipinski definition) is 1. The van der Waals surface area contributed by atoms with Crippen molar-refractivity contribution in [2.75, 3.05) is 19.6 Å². The molecule has 2 aliphatic heterocycles. The highest BCUT2D eigenvalue weighted by atomic mass is 15.3. The molecule has 13 heavy (non-hydrogen) atoms. The fourth-order valence-corrected chi connectivity index (χ4v) is 2.60. The van der Waals surface area contributed by atoms with Gasteiger partial charge in [0.2, 0.25) is 0 Å². The molecule has 0 aliphatic carbocycles. The SMILES string of the molecule is CC1(N2CCCCC2)CCCC[N]1. The molecular weight excluding hydrogens is 160 g/mol. The van der Waals surface area contributed by atoms with Crippen LogP contribution in [0.15, 0.2) is 0 Å². The Morgan fingerprint density at radius 2 is 1.77 bits per heavy atom. The van der Waals surface area contributed by atoms with Crippen LogP contribution < -0.4 is 5.32 Å². The maximum atomic E-state index is 4.81. The summed E-state index contributed by atoms with van der Waals surface area (Å²) in [6.45, 7) is 5.98. The van der Waals surface area contributed by atoms with E-state index in [1.54, 1.807) is 0 Å². The van der Waals surface area contributed by atoms with E-state index >= 15 is 0 Å². The maximum Gasteiger partial charge on any atom is 0.0845 e. The third-order valence-electron chi connectivity index (χ3n) is 3.55. The van der Waals surface area contributed by atoms with E-state index in [1.165, 1.54) is 51.6 Å². The van der Waals surface area contributed by atoms with Gasteiger partial charge in [0.25, 0.3) is 0 Å². The lowest BCUT2D eigenvalue weighted by Crippen LogP contribution is -2.56. The number of likely N-dealkylation sites (tertiary alicyclic amines) is 1. The molecule has 0 spiro atoms. The van der Waals surface area contributed by atoms with E-state index in [0.29, 0.717) is 0 Å². The van der Waals surface area contributed by atoms with Gasteiger partial charge in [0, 0.05) is 6.54 Å². The van der Waals surface area contributed by atoms with Crippen molar-refractivity contribution in [3.8, 4) is 0 Å². The van der Waals surface area contributed by atoms with Gasteiger partial charge >= 0.3 is 0 Å². The van der Waals surface area contributed by atoms with Crippen LogP contribution >= 0.6 is 0 Å². The Balaban J connectivity index is 1.94. The van der Waals surface area contributed by atoms with Crippen molar-refractivity contribution in [2.24, 2.45) is 0 Å². The molecule has 2 saturated heterocycles. The van der Waals surface area contributed by atoms with Gasteiger partial charge in [0.15, 0.2) is 0 Å². The highest BCUT2D eigenvalue weighted by Gasteiger charge is 2.34. The Morgan fingerprint density at radius 3 is 2.38 bits per heavy atom. The summed E-state index contributed by atoms with van der Waals surface area (Å²) in [4.78, 5) is 2.61. The standard InChI is InChI=1S/C11H21N2/c1-11(7-3-4-8-12-11)13-9-5-2-6-10-13/h2-10H2,1H3. The van der Waals surface area contributed by atoms with Crippen molar-refractivity contribution >= 4 is 0 Å². The second kappa shape index (κ2) is 3.97. The van der Waals surface area contributed by atoms with Crippen LogP contribution in [0, 0.1) is 0 Å². The largest absolute Gasteiger partial charge is 0.285 e. The number of hydrogen-bond donors (Lipinski definition) is 0. The van der Waals surface area contributed by atoms with Crippen LogP contribution in [0.5, 0.6) is 0 Å². The molecule has 0 N–H and O–H groups in total.